The summed E-state index contributed by atoms with van der Waals surface area (Å²) < 4.78 is 5.28. The van der Waals surface area contributed by atoms with Crippen LogP contribution in [0.4, 0.5) is 4.79 Å². The van der Waals surface area contributed by atoms with E-state index in [1.54, 1.807) is 20.8 Å². The fourth-order valence-electron chi connectivity index (χ4n) is 3.82. The van der Waals surface area contributed by atoms with Crippen LogP contribution in [0.5, 0.6) is 0 Å². The Labute approximate surface area is 114 Å². The summed E-state index contributed by atoms with van der Waals surface area (Å²) in [6.07, 6.45) is -0.773. The quantitative estimate of drug-likeness (QED) is 0.674. The summed E-state index contributed by atoms with van der Waals surface area (Å²) in [7, 11) is 0. The molecule has 5 nitrogen and oxygen atoms in total. The predicted molar refractivity (Wildman–Crippen MR) is 70.6 cm³/mol. The van der Waals surface area contributed by atoms with Crippen LogP contribution in [0.15, 0.2) is 0 Å². The first-order chi connectivity index (χ1) is 8.51. The number of rotatable bonds is 1. The van der Waals surface area contributed by atoms with Gasteiger partial charge in [0.05, 0.1) is 11.6 Å². The Kier molecular flexibility index (Phi) is 3.14. The lowest BCUT2D eigenvalue weighted by molar-refractivity contribution is -0.0392. The van der Waals surface area contributed by atoms with E-state index in [1.165, 1.54) is 0 Å². The molecule has 2 bridgehead atoms. The third kappa shape index (κ3) is 2.03. The van der Waals surface area contributed by atoms with Gasteiger partial charge >= 0.3 is 6.09 Å². The van der Waals surface area contributed by atoms with E-state index in [2.05, 4.69) is 5.32 Å². The first kappa shape index (κ1) is 14.6. The molecule has 0 aromatic rings. The average Bonchev–Trinajstić information content (AvgIpc) is 2.51. The van der Waals surface area contributed by atoms with Gasteiger partial charge in [-0.3, -0.25) is 0 Å². The standard InChI is InChI=1S/C14H25NO4/c1-12(2,3)19-11(18)15-14-7-6-8(13(14,4)5)9(16)10(14)17/h8-10,16-17H,6-7H2,1-5H3,(H,15,18). The molecular weight excluding hydrogens is 246 g/mol. The lowest BCUT2D eigenvalue weighted by atomic mass is 9.75. The van der Waals surface area contributed by atoms with Crippen LogP contribution in [-0.4, -0.2) is 39.7 Å². The van der Waals surface area contributed by atoms with Crippen LogP contribution in [-0.2, 0) is 4.74 Å². The minimum Gasteiger partial charge on any atom is -0.444 e. The SMILES string of the molecule is CC(C)(C)OC(=O)NC12CCC(C(O)C1O)C2(C)C. The van der Waals surface area contributed by atoms with Crippen molar-refractivity contribution in [3.05, 3.63) is 0 Å². The molecule has 2 saturated carbocycles. The van der Waals surface area contributed by atoms with Gasteiger partial charge in [0.25, 0.3) is 0 Å². The van der Waals surface area contributed by atoms with Gasteiger partial charge in [-0.25, -0.2) is 4.79 Å². The second-order valence-corrected chi connectivity index (χ2v) is 7.40. The Morgan fingerprint density at radius 2 is 1.89 bits per heavy atom. The summed E-state index contributed by atoms with van der Waals surface area (Å²) in [6.45, 7) is 9.37. The Hall–Kier alpha value is -0.810. The number of carbonyl (C=O) groups excluding carboxylic acids is 1. The zero-order valence-electron chi connectivity index (χ0n) is 12.4. The Bertz CT molecular complexity index is 387. The third-order valence-corrected chi connectivity index (χ3v) is 4.89. The van der Waals surface area contributed by atoms with Crippen LogP contribution in [0.1, 0.15) is 47.5 Å². The summed E-state index contributed by atoms with van der Waals surface area (Å²) in [4.78, 5) is 12.0. The molecule has 3 N–H and O–H groups in total. The molecule has 2 aliphatic carbocycles. The molecule has 4 atom stereocenters. The van der Waals surface area contributed by atoms with E-state index in [9.17, 15) is 15.0 Å². The molecule has 110 valence electrons. The number of hydrogen-bond acceptors (Lipinski definition) is 4. The van der Waals surface area contributed by atoms with E-state index >= 15 is 0 Å². The lowest BCUT2D eigenvalue weighted by Gasteiger charge is -2.41. The van der Waals surface area contributed by atoms with Crippen LogP contribution in [0.25, 0.3) is 0 Å². The van der Waals surface area contributed by atoms with Gasteiger partial charge < -0.3 is 20.3 Å². The van der Waals surface area contributed by atoms with Gasteiger partial charge in [-0.05, 0) is 44.9 Å². The van der Waals surface area contributed by atoms with Gasteiger partial charge in [0.15, 0.2) is 0 Å². The van der Waals surface area contributed by atoms with E-state index in [0.29, 0.717) is 6.42 Å². The van der Waals surface area contributed by atoms with Gasteiger partial charge in [-0.15, -0.1) is 0 Å². The number of aliphatic hydroxyl groups excluding tert-OH is 2. The molecular formula is C14H25NO4. The van der Waals surface area contributed by atoms with Crippen LogP contribution < -0.4 is 5.32 Å². The largest absolute Gasteiger partial charge is 0.444 e. The van der Waals surface area contributed by atoms with Gasteiger partial charge in [-0.2, -0.15) is 0 Å². The van der Waals surface area contributed by atoms with Crippen molar-refractivity contribution in [2.45, 2.75) is 70.8 Å². The Morgan fingerprint density at radius 1 is 1.32 bits per heavy atom. The molecule has 0 saturated heterocycles. The summed E-state index contributed by atoms with van der Waals surface area (Å²) >= 11 is 0. The zero-order valence-corrected chi connectivity index (χ0v) is 12.4. The fraction of sp³-hybridized carbons (Fsp3) is 0.929. The van der Waals surface area contributed by atoms with Crippen molar-refractivity contribution in [2.75, 3.05) is 0 Å². The number of fused-ring (bicyclic) bond motifs is 2. The minimum atomic E-state index is -0.936. The molecule has 1 amide bonds. The number of aliphatic hydroxyl groups is 2. The van der Waals surface area contributed by atoms with Crippen molar-refractivity contribution >= 4 is 6.09 Å². The lowest BCUT2D eigenvalue weighted by Crippen LogP contribution is -2.61. The molecule has 2 fully saturated rings. The molecule has 2 aliphatic rings. The Morgan fingerprint density at radius 3 is 2.32 bits per heavy atom. The first-order valence-electron chi connectivity index (χ1n) is 6.88. The monoisotopic (exact) mass is 271 g/mol. The van der Waals surface area contributed by atoms with E-state index in [0.717, 1.165) is 6.42 Å². The van der Waals surface area contributed by atoms with Crippen molar-refractivity contribution in [1.82, 2.24) is 5.32 Å². The normalized spacial score (nSPS) is 40.3. The van der Waals surface area contributed by atoms with Crippen molar-refractivity contribution in [1.29, 1.82) is 0 Å². The molecule has 4 unspecified atom stereocenters. The average molecular weight is 271 g/mol. The van der Waals surface area contributed by atoms with E-state index in [4.69, 9.17) is 4.74 Å². The van der Waals surface area contributed by atoms with Crippen molar-refractivity contribution in [2.24, 2.45) is 11.3 Å². The van der Waals surface area contributed by atoms with Gasteiger partial charge in [0, 0.05) is 0 Å². The van der Waals surface area contributed by atoms with E-state index in [-0.39, 0.29) is 11.3 Å². The molecule has 0 aromatic carbocycles. The van der Waals surface area contributed by atoms with Crippen LogP contribution in [0.2, 0.25) is 0 Å². The number of hydrogen-bond donors (Lipinski definition) is 3. The molecule has 2 rings (SSSR count). The highest BCUT2D eigenvalue weighted by Gasteiger charge is 2.69. The maximum absolute atomic E-state index is 12.0. The first-order valence-corrected chi connectivity index (χ1v) is 6.88. The van der Waals surface area contributed by atoms with Crippen LogP contribution in [0.3, 0.4) is 0 Å². The highest BCUT2D eigenvalue weighted by atomic mass is 16.6. The minimum absolute atomic E-state index is 0.0115. The summed E-state index contributed by atoms with van der Waals surface area (Å²) in [5, 5.41) is 23.2. The maximum Gasteiger partial charge on any atom is 0.408 e. The molecule has 0 heterocycles. The van der Waals surface area contributed by atoms with E-state index < -0.39 is 29.4 Å². The molecule has 0 aliphatic heterocycles. The number of nitrogens with one attached hydrogen (secondary N) is 1. The van der Waals surface area contributed by atoms with Gasteiger partial charge in [-0.1, -0.05) is 13.8 Å². The fourth-order valence-corrected chi connectivity index (χ4v) is 3.82. The zero-order chi connectivity index (χ0) is 14.6. The Balaban J connectivity index is 2.20. The number of alkyl carbamates (subject to hydrolysis) is 1. The summed E-state index contributed by atoms with van der Waals surface area (Å²) in [5.41, 5.74) is -1.72. The van der Waals surface area contributed by atoms with Crippen LogP contribution in [0, 0.1) is 11.3 Å². The second-order valence-electron chi connectivity index (χ2n) is 7.40. The summed E-state index contributed by atoms with van der Waals surface area (Å²) in [6, 6.07) is 0. The topological polar surface area (TPSA) is 78.8 Å². The predicted octanol–water partition coefficient (Wildman–Crippen LogP) is 1.42. The highest BCUT2D eigenvalue weighted by molar-refractivity contribution is 5.69. The molecule has 0 aromatic heterocycles. The van der Waals surface area contributed by atoms with Gasteiger partial charge in [0.1, 0.15) is 11.7 Å². The number of amides is 1. The molecule has 0 radical (unpaired) electrons. The van der Waals surface area contributed by atoms with Crippen molar-refractivity contribution in [3.63, 3.8) is 0 Å². The van der Waals surface area contributed by atoms with Crippen molar-refractivity contribution < 1.29 is 19.7 Å². The molecule has 19 heavy (non-hydrogen) atoms. The number of carbonyl (C=O) groups is 1. The number of ether oxygens (including phenoxy) is 1. The molecule has 5 heteroatoms. The van der Waals surface area contributed by atoms with Gasteiger partial charge in [0.2, 0.25) is 0 Å². The second kappa shape index (κ2) is 4.09. The smallest absolute Gasteiger partial charge is 0.408 e. The van der Waals surface area contributed by atoms with Crippen LogP contribution >= 0.6 is 0 Å². The summed E-state index contributed by atoms with van der Waals surface area (Å²) in [5.74, 6) is 0.0115. The highest BCUT2D eigenvalue weighted by Crippen LogP contribution is 2.60. The molecule has 0 spiro atoms. The van der Waals surface area contributed by atoms with Crippen molar-refractivity contribution in [3.8, 4) is 0 Å². The third-order valence-electron chi connectivity index (χ3n) is 4.89. The maximum atomic E-state index is 12.0. The van der Waals surface area contributed by atoms with E-state index in [1.807, 2.05) is 13.8 Å².